The van der Waals surface area contributed by atoms with Crippen LogP contribution in [-0.4, -0.2) is 48.3 Å². The Labute approximate surface area is 125 Å². The van der Waals surface area contributed by atoms with E-state index in [9.17, 15) is 9.90 Å². The molecule has 0 aromatic heterocycles. The number of hydrogen-bond acceptors (Lipinski definition) is 4. The molecule has 1 saturated heterocycles. The predicted octanol–water partition coefficient (Wildman–Crippen LogP) is 1.67. The smallest absolute Gasteiger partial charge is 0.263 e. The molecule has 1 heterocycles. The first kappa shape index (κ1) is 15.8. The standard InChI is InChI=1S/C16H23NO4/c1-11-10-14(12(2)18)4-5-15(11)21-13(3)16(19)17-6-8-20-9-7-17/h4-5,10,12-13,18H,6-9H2,1-3H3. The van der Waals surface area contributed by atoms with Gasteiger partial charge in [-0.2, -0.15) is 0 Å². The molecule has 0 bridgehead atoms. The minimum absolute atomic E-state index is 0.0164. The summed E-state index contributed by atoms with van der Waals surface area (Å²) in [6.45, 7) is 7.80. The number of amides is 1. The van der Waals surface area contributed by atoms with Crippen LogP contribution in [0.3, 0.4) is 0 Å². The number of aliphatic hydroxyl groups is 1. The molecule has 0 aliphatic carbocycles. The molecule has 1 aromatic carbocycles. The van der Waals surface area contributed by atoms with E-state index in [1.165, 1.54) is 0 Å². The van der Waals surface area contributed by atoms with E-state index in [4.69, 9.17) is 9.47 Å². The second kappa shape index (κ2) is 6.91. The molecule has 2 atom stereocenters. The highest BCUT2D eigenvalue weighted by atomic mass is 16.5. The van der Waals surface area contributed by atoms with Gasteiger partial charge in [-0.05, 0) is 44.0 Å². The molecule has 1 N–H and O–H groups in total. The third-order valence-electron chi connectivity index (χ3n) is 3.66. The quantitative estimate of drug-likeness (QED) is 0.917. The molecule has 2 unspecified atom stereocenters. The molecule has 0 saturated carbocycles. The van der Waals surface area contributed by atoms with Crippen LogP contribution < -0.4 is 4.74 Å². The molecular weight excluding hydrogens is 270 g/mol. The minimum Gasteiger partial charge on any atom is -0.481 e. The van der Waals surface area contributed by atoms with E-state index < -0.39 is 12.2 Å². The summed E-state index contributed by atoms with van der Waals surface area (Å²) >= 11 is 0. The number of benzene rings is 1. The van der Waals surface area contributed by atoms with Gasteiger partial charge in [0.15, 0.2) is 6.10 Å². The summed E-state index contributed by atoms with van der Waals surface area (Å²) in [6, 6.07) is 5.51. The van der Waals surface area contributed by atoms with Crippen molar-refractivity contribution in [3.05, 3.63) is 29.3 Å². The largest absolute Gasteiger partial charge is 0.481 e. The topological polar surface area (TPSA) is 59.0 Å². The number of nitrogens with zero attached hydrogens (tertiary/aromatic N) is 1. The van der Waals surface area contributed by atoms with Gasteiger partial charge in [0.1, 0.15) is 5.75 Å². The lowest BCUT2D eigenvalue weighted by Gasteiger charge is -2.29. The third-order valence-corrected chi connectivity index (χ3v) is 3.66. The zero-order chi connectivity index (χ0) is 15.4. The summed E-state index contributed by atoms with van der Waals surface area (Å²) in [5.74, 6) is 0.658. The number of aryl methyl sites for hydroxylation is 1. The molecule has 1 aliphatic heterocycles. The van der Waals surface area contributed by atoms with E-state index in [0.29, 0.717) is 32.1 Å². The lowest BCUT2D eigenvalue weighted by Crippen LogP contribution is -2.46. The summed E-state index contributed by atoms with van der Waals surface area (Å²) < 4.78 is 11.0. The van der Waals surface area contributed by atoms with Crippen LogP contribution in [0.4, 0.5) is 0 Å². The molecule has 5 nitrogen and oxygen atoms in total. The van der Waals surface area contributed by atoms with E-state index in [1.807, 2.05) is 19.1 Å². The normalized spacial score (nSPS) is 18.2. The Hall–Kier alpha value is -1.59. The number of carbonyl (C=O) groups excluding carboxylic acids is 1. The van der Waals surface area contributed by atoms with Gasteiger partial charge in [-0.3, -0.25) is 4.79 Å². The molecule has 2 rings (SSSR count). The molecule has 5 heteroatoms. The van der Waals surface area contributed by atoms with Crippen molar-refractivity contribution in [1.29, 1.82) is 0 Å². The Bertz CT molecular complexity index is 495. The van der Waals surface area contributed by atoms with Crippen LogP contribution in [-0.2, 0) is 9.53 Å². The van der Waals surface area contributed by atoms with Crippen molar-refractivity contribution in [2.45, 2.75) is 33.0 Å². The zero-order valence-electron chi connectivity index (χ0n) is 12.8. The Morgan fingerprint density at radius 3 is 2.57 bits per heavy atom. The maximum Gasteiger partial charge on any atom is 0.263 e. The van der Waals surface area contributed by atoms with Crippen molar-refractivity contribution in [3.63, 3.8) is 0 Å². The molecule has 1 aromatic rings. The van der Waals surface area contributed by atoms with E-state index in [-0.39, 0.29) is 5.91 Å². The number of morpholine rings is 1. The van der Waals surface area contributed by atoms with Gasteiger partial charge in [0.25, 0.3) is 5.91 Å². The Morgan fingerprint density at radius 1 is 1.33 bits per heavy atom. The van der Waals surface area contributed by atoms with Crippen molar-refractivity contribution in [2.75, 3.05) is 26.3 Å². The van der Waals surface area contributed by atoms with Crippen LogP contribution >= 0.6 is 0 Å². The van der Waals surface area contributed by atoms with Crippen molar-refractivity contribution in [2.24, 2.45) is 0 Å². The van der Waals surface area contributed by atoms with E-state index >= 15 is 0 Å². The Kier molecular flexibility index (Phi) is 5.20. The summed E-state index contributed by atoms with van der Waals surface area (Å²) in [5, 5.41) is 9.57. The molecule has 21 heavy (non-hydrogen) atoms. The lowest BCUT2D eigenvalue weighted by atomic mass is 10.1. The third kappa shape index (κ3) is 3.95. The fraction of sp³-hybridized carbons (Fsp3) is 0.562. The van der Waals surface area contributed by atoms with Gasteiger partial charge in [-0.15, -0.1) is 0 Å². The van der Waals surface area contributed by atoms with Gasteiger partial charge in [0, 0.05) is 13.1 Å². The highest BCUT2D eigenvalue weighted by Crippen LogP contribution is 2.24. The van der Waals surface area contributed by atoms with Gasteiger partial charge in [0.05, 0.1) is 19.3 Å². The summed E-state index contributed by atoms with van der Waals surface area (Å²) in [7, 11) is 0. The lowest BCUT2D eigenvalue weighted by molar-refractivity contribution is -0.142. The fourth-order valence-electron chi connectivity index (χ4n) is 2.35. The molecule has 0 spiro atoms. The first-order valence-electron chi connectivity index (χ1n) is 7.31. The van der Waals surface area contributed by atoms with Crippen LogP contribution in [0, 0.1) is 6.92 Å². The number of hydrogen-bond donors (Lipinski definition) is 1. The van der Waals surface area contributed by atoms with Crippen LogP contribution in [0.15, 0.2) is 18.2 Å². The van der Waals surface area contributed by atoms with Gasteiger partial charge in [0.2, 0.25) is 0 Å². The van der Waals surface area contributed by atoms with Crippen molar-refractivity contribution >= 4 is 5.91 Å². The average molecular weight is 293 g/mol. The average Bonchev–Trinajstić information content (AvgIpc) is 2.49. The zero-order valence-corrected chi connectivity index (χ0v) is 12.8. The molecule has 1 amide bonds. The molecular formula is C16H23NO4. The maximum atomic E-state index is 12.3. The summed E-state index contributed by atoms with van der Waals surface area (Å²) in [5.41, 5.74) is 1.75. The minimum atomic E-state index is -0.529. The van der Waals surface area contributed by atoms with Gasteiger partial charge in [-0.25, -0.2) is 0 Å². The first-order valence-corrected chi connectivity index (χ1v) is 7.31. The second-order valence-corrected chi connectivity index (χ2v) is 5.40. The van der Waals surface area contributed by atoms with Gasteiger partial charge < -0.3 is 19.5 Å². The maximum absolute atomic E-state index is 12.3. The van der Waals surface area contributed by atoms with Gasteiger partial charge in [-0.1, -0.05) is 6.07 Å². The van der Waals surface area contributed by atoms with Crippen molar-refractivity contribution in [1.82, 2.24) is 4.90 Å². The van der Waals surface area contributed by atoms with Gasteiger partial charge >= 0.3 is 0 Å². The Balaban J connectivity index is 2.01. The van der Waals surface area contributed by atoms with Crippen molar-refractivity contribution in [3.8, 4) is 5.75 Å². The SMILES string of the molecule is Cc1cc(C(C)O)ccc1OC(C)C(=O)N1CCOCC1. The number of rotatable bonds is 4. The number of aliphatic hydroxyl groups excluding tert-OH is 1. The first-order chi connectivity index (χ1) is 9.99. The van der Waals surface area contributed by atoms with E-state index in [2.05, 4.69) is 0 Å². The fourth-order valence-corrected chi connectivity index (χ4v) is 2.35. The van der Waals surface area contributed by atoms with Crippen LogP contribution in [0.5, 0.6) is 5.75 Å². The number of ether oxygens (including phenoxy) is 2. The van der Waals surface area contributed by atoms with E-state index in [0.717, 1.165) is 11.1 Å². The second-order valence-electron chi connectivity index (χ2n) is 5.40. The van der Waals surface area contributed by atoms with Crippen LogP contribution in [0.2, 0.25) is 0 Å². The molecule has 1 aliphatic rings. The van der Waals surface area contributed by atoms with Crippen LogP contribution in [0.1, 0.15) is 31.1 Å². The summed E-state index contributed by atoms with van der Waals surface area (Å²) in [4.78, 5) is 14.1. The van der Waals surface area contributed by atoms with Crippen molar-refractivity contribution < 1.29 is 19.4 Å². The summed E-state index contributed by atoms with van der Waals surface area (Å²) in [6.07, 6.45) is -1.04. The molecule has 0 radical (unpaired) electrons. The predicted molar refractivity (Wildman–Crippen MR) is 79.3 cm³/mol. The Morgan fingerprint density at radius 2 is 2.00 bits per heavy atom. The molecule has 116 valence electrons. The van der Waals surface area contributed by atoms with Crippen LogP contribution in [0.25, 0.3) is 0 Å². The molecule has 1 fully saturated rings. The monoisotopic (exact) mass is 293 g/mol. The van der Waals surface area contributed by atoms with E-state index in [1.54, 1.807) is 24.8 Å². The number of carbonyl (C=O) groups is 1. The highest BCUT2D eigenvalue weighted by molar-refractivity contribution is 5.81. The highest BCUT2D eigenvalue weighted by Gasteiger charge is 2.24.